The highest BCUT2D eigenvalue weighted by atomic mass is 32.2. The molecule has 0 amide bonds. The summed E-state index contributed by atoms with van der Waals surface area (Å²) in [7, 11) is -2.09. The Hall–Kier alpha value is -3.16. The summed E-state index contributed by atoms with van der Waals surface area (Å²) in [4.78, 5) is 10.9. The molecule has 29 heavy (non-hydrogen) atoms. The smallest absolute Gasteiger partial charge is 0.293 e. The van der Waals surface area contributed by atoms with Crippen LogP contribution in [0.1, 0.15) is 18.4 Å². The Labute approximate surface area is 168 Å². The molecule has 0 atom stereocenters. The molecule has 3 rings (SSSR count). The molecule has 9 nitrogen and oxygen atoms in total. The van der Waals surface area contributed by atoms with Gasteiger partial charge in [-0.2, -0.15) is 9.57 Å². The van der Waals surface area contributed by atoms with Crippen molar-refractivity contribution < 1.29 is 18.1 Å². The number of benzene rings is 2. The first-order valence-electron chi connectivity index (χ1n) is 8.94. The maximum absolute atomic E-state index is 12.8. The van der Waals surface area contributed by atoms with Gasteiger partial charge in [-0.15, -0.1) is 0 Å². The number of rotatable bonds is 6. The lowest BCUT2D eigenvalue weighted by Gasteiger charge is -2.32. The number of nitrogens with zero attached hydrogens (tertiary/aromatic N) is 3. The van der Waals surface area contributed by atoms with E-state index < -0.39 is 14.9 Å². The van der Waals surface area contributed by atoms with Crippen LogP contribution in [-0.2, 0) is 10.0 Å². The third-order valence-electron chi connectivity index (χ3n) is 4.83. The molecule has 0 radical (unpaired) electrons. The number of piperidine rings is 1. The van der Waals surface area contributed by atoms with Crippen molar-refractivity contribution in [2.45, 2.75) is 23.8 Å². The minimum atomic E-state index is -3.61. The number of hydrogen-bond acceptors (Lipinski definition) is 7. The minimum Gasteiger partial charge on any atom is -0.497 e. The molecule has 0 unspecified atom stereocenters. The van der Waals surface area contributed by atoms with E-state index >= 15 is 0 Å². The zero-order valence-electron chi connectivity index (χ0n) is 15.7. The lowest BCUT2D eigenvalue weighted by molar-refractivity contribution is -0.384. The molecule has 152 valence electrons. The lowest BCUT2D eigenvalue weighted by Crippen LogP contribution is -2.42. The van der Waals surface area contributed by atoms with Crippen molar-refractivity contribution in [3.8, 4) is 11.8 Å². The molecule has 1 fully saturated rings. The number of hydrogen-bond donors (Lipinski definition) is 1. The zero-order valence-corrected chi connectivity index (χ0v) is 16.6. The number of methoxy groups -OCH3 is 1. The standard InChI is InChI=1S/C19H20N4O5S/c1-28-16-3-5-17(6-4-16)29(26,27)22-10-8-15(9-11-22)21-18-7-2-14(13-20)12-19(18)23(24)25/h2-7,12,15,21H,8-11H2,1H3. The van der Waals surface area contributed by atoms with Gasteiger partial charge in [-0.25, -0.2) is 8.42 Å². The zero-order chi connectivity index (χ0) is 21.0. The number of nitro benzene ring substituents is 1. The van der Waals surface area contributed by atoms with Gasteiger partial charge in [0.05, 0.1) is 28.6 Å². The molecule has 10 heteroatoms. The van der Waals surface area contributed by atoms with Gasteiger partial charge < -0.3 is 10.1 Å². The lowest BCUT2D eigenvalue weighted by atomic mass is 10.1. The molecule has 2 aromatic rings. The monoisotopic (exact) mass is 416 g/mol. The van der Waals surface area contributed by atoms with Crippen molar-refractivity contribution in [3.63, 3.8) is 0 Å². The van der Waals surface area contributed by atoms with Crippen LogP contribution in [0.3, 0.4) is 0 Å². The Kier molecular flexibility index (Phi) is 6.00. The Balaban J connectivity index is 1.68. The van der Waals surface area contributed by atoms with Crippen LogP contribution in [0.15, 0.2) is 47.4 Å². The molecule has 1 heterocycles. The van der Waals surface area contributed by atoms with Crippen LogP contribution in [0.25, 0.3) is 0 Å². The van der Waals surface area contributed by atoms with Crippen molar-refractivity contribution in [3.05, 3.63) is 58.1 Å². The second-order valence-corrected chi connectivity index (χ2v) is 8.54. The van der Waals surface area contributed by atoms with E-state index in [1.54, 1.807) is 12.1 Å². The number of ether oxygens (including phenoxy) is 1. The summed E-state index contributed by atoms with van der Waals surface area (Å²) in [5.74, 6) is 0.580. The van der Waals surface area contributed by atoms with E-state index in [0.717, 1.165) is 0 Å². The van der Waals surface area contributed by atoms with Gasteiger partial charge >= 0.3 is 0 Å². The number of anilines is 1. The van der Waals surface area contributed by atoms with Crippen LogP contribution < -0.4 is 10.1 Å². The van der Waals surface area contributed by atoms with Gasteiger partial charge in [0.15, 0.2) is 0 Å². The summed E-state index contributed by atoms with van der Waals surface area (Å²) < 4.78 is 32.1. The predicted molar refractivity (Wildman–Crippen MR) is 106 cm³/mol. The highest BCUT2D eigenvalue weighted by Crippen LogP contribution is 2.29. The average molecular weight is 416 g/mol. The van der Waals surface area contributed by atoms with Crippen LogP contribution in [0, 0.1) is 21.4 Å². The summed E-state index contributed by atoms with van der Waals surface area (Å²) in [5, 5.41) is 23.3. The van der Waals surface area contributed by atoms with E-state index in [2.05, 4.69) is 5.32 Å². The topological polar surface area (TPSA) is 126 Å². The summed E-state index contributed by atoms with van der Waals surface area (Å²) in [6.07, 6.45) is 1.01. The fourth-order valence-corrected chi connectivity index (χ4v) is 4.70. The molecule has 1 saturated heterocycles. The molecule has 1 aliphatic rings. The largest absolute Gasteiger partial charge is 0.497 e. The van der Waals surface area contributed by atoms with E-state index in [1.807, 2.05) is 6.07 Å². The fraction of sp³-hybridized carbons (Fsp3) is 0.316. The van der Waals surface area contributed by atoms with E-state index in [-0.39, 0.29) is 22.2 Å². The molecule has 1 aliphatic heterocycles. The maximum atomic E-state index is 12.8. The second kappa shape index (κ2) is 8.46. The minimum absolute atomic E-state index is 0.107. The molecule has 0 aliphatic carbocycles. The van der Waals surface area contributed by atoms with E-state index in [1.165, 1.54) is 41.7 Å². The third kappa shape index (κ3) is 4.47. The molecule has 0 aromatic heterocycles. The Morgan fingerprint density at radius 3 is 2.41 bits per heavy atom. The molecule has 2 aromatic carbocycles. The fourth-order valence-electron chi connectivity index (χ4n) is 3.23. The summed E-state index contributed by atoms with van der Waals surface area (Å²) >= 11 is 0. The van der Waals surface area contributed by atoms with Gasteiger partial charge in [0.25, 0.3) is 5.69 Å². The number of nitro groups is 1. The van der Waals surface area contributed by atoms with Crippen molar-refractivity contribution in [2.24, 2.45) is 0 Å². The van der Waals surface area contributed by atoms with Gasteiger partial charge in [0.2, 0.25) is 10.0 Å². The van der Waals surface area contributed by atoms with Crippen molar-refractivity contribution in [1.29, 1.82) is 5.26 Å². The summed E-state index contributed by atoms with van der Waals surface area (Å²) in [5.41, 5.74) is 0.366. The van der Waals surface area contributed by atoms with Gasteiger partial charge in [0.1, 0.15) is 11.4 Å². The van der Waals surface area contributed by atoms with Crippen LogP contribution in [0.4, 0.5) is 11.4 Å². The van der Waals surface area contributed by atoms with Gasteiger partial charge in [-0.1, -0.05) is 0 Å². The molecular formula is C19H20N4O5S. The Morgan fingerprint density at radius 1 is 1.21 bits per heavy atom. The number of nitrogens with one attached hydrogen (secondary N) is 1. The first-order valence-corrected chi connectivity index (χ1v) is 10.4. The van der Waals surface area contributed by atoms with Crippen LogP contribution >= 0.6 is 0 Å². The Morgan fingerprint density at radius 2 is 1.86 bits per heavy atom. The number of nitriles is 1. The first kappa shape index (κ1) is 20.6. The normalized spacial score (nSPS) is 15.4. The van der Waals surface area contributed by atoms with E-state index in [0.29, 0.717) is 37.4 Å². The average Bonchev–Trinajstić information content (AvgIpc) is 2.74. The van der Waals surface area contributed by atoms with Crippen LogP contribution in [-0.4, -0.2) is 43.9 Å². The Bertz CT molecular complexity index is 1040. The van der Waals surface area contributed by atoms with Crippen molar-refractivity contribution in [2.75, 3.05) is 25.5 Å². The maximum Gasteiger partial charge on any atom is 0.293 e. The molecule has 0 saturated carbocycles. The van der Waals surface area contributed by atoms with Crippen LogP contribution in [0.2, 0.25) is 0 Å². The van der Waals surface area contributed by atoms with Gasteiger partial charge in [-0.05, 0) is 49.2 Å². The second-order valence-electron chi connectivity index (χ2n) is 6.60. The van der Waals surface area contributed by atoms with Crippen LogP contribution in [0.5, 0.6) is 5.75 Å². The highest BCUT2D eigenvalue weighted by Gasteiger charge is 2.30. The SMILES string of the molecule is COc1ccc(S(=O)(=O)N2CCC(Nc3ccc(C#N)cc3[N+](=O)[O-])CC2)cc1. The van der Waals surface area contributed by atoms with Gasteiger partial charge in [-0.3, -0.25) is 10.1 Å². The van der Waals surface area contributed by atoms with Crippen molar-refractivity contribution >= 4 is 21.4 Å². The third-order valence-corrected chi connectivity index (χ3v) is 6.75. The molecular weight excluding hydrogens is 396 g/mol. The van der Waals surface area contributed by atoms with Gasteiger partial charge in [0, 0.05) is 25.2 Å². The summed E-state index contributed by atoms with van der Waals surface area (Å²) in [6, 6.07) is 12.3. The quantitative estimate of drug-likeness (QED) is 0.567. The van der Waals surface area contributed by atoms with E-state index in [4.69, 9.17) is 10.00 Å². The summed E-state index contributed by atoms with van der Waals surface area (Å²) in [6.45, 7) is 0.603. The van der Waals surface area contributed by atoms with Crippen molar-refractivity contribution in [1.82, 2.24) is 4.31 Å². The van der Waals surface area contributed by atoms with E-state index in [9.17, 15) is 18.5 Å². The first-order chi connectivity index (χ1) is 13.8. The molecule has 0 spiro atoms. The highest BCUT2D eigenvalue weighted by molar-refractivity contribution is 7.89. The predicted octanol–water partition coefficient (Wildman–Crippen LogP) is 2.74. The molecule has 0 bridgehead atoms. The molecule has 1 N–H and O–H groups in total. The number of sulfonamides is 1.